The molecule has 0 aliphatic heterocycles. The van der Waals surface area contributed by atoms with Crippen LogP contribution in [0.4, 0.5) is 5.69 Å². The minimum atomic E-state index is -0.197. The first-order valence-electron chi connectivity index (χ1n) is 3.38. The van der Waals surface area contributed by atoms with Crippen LogP contribution in [-0.2, 0) is 0 Å². The molecule has 0 unspecified atom stereocenters. The average Bonchev–Trinajstić information content (AvgIpc) is 2.06. The van der Waals surface area contributed by atoms with Crippen molar-refractivity contribution in [2.24, 2.45) is 0 Å². The third-order valence-electron chi connectivity index (χ3n) is 1.35. The minimum absolute atomic E-state index is 0.00898. The van der Waals surface area contributed by atoms with E-state index in [1.165, 1.54) is 0 Å². The van der Waals surface area contributed by atoms with Crippen molar-refractivity contribution < 1.29 is 26.3 Å². The predicted molar refractivity (Wildman–Crippen MR) is 44.2 cm³/mol. The summed E-state index contributed by atoms with van der Waals surface area (Å²) >= 11 is -0.197. The van der Waals surface area contributed by atoms with Gasteiger partial charge < -0.3 is 0 Å². The molecule has 0 spiro atoms. The van der Waals surface area contributed by atoms with Crippen LogP contribution in [0.3, 0.4) is 0 Å². The molecule has 3 nitrogen and oxygen atoms in total. The van der Waals surface area contributed by atoms with Crippen molar-refractivity contribution in [2.75, 3.05) is 10.7 Å². The first kappa shape index (κ1) is 9.31. The zero-order chi connectivity index (χ0) is 8.97. The van der Waals surface area contributed by atoms with Gasteiger partial charge in [0.15, 0.2) is 0 Å². The number of nitrogens with two attached hydrogens (primary N) is 1. The molecule has 3 N–H and O–H groups in total. The molecule has 0 saturated heterocycles. The Labute approximate surface area is 82.0 Å². The van der Waals surface area contributed by atoms with E-state index in [1.54, 1.807) is 24.3 Å². The topological polar surface area (TPSA) is 55.1 Å². The summed E-state index contributed by atoms with van der Waals surface area (Å²) in [5.74, 6) is -0.00898. The van der Waals surface area contributed by atoms with Gasteiger partial charge in [-0.05, 0) is 0 Å². The third kappa shape index (κ3) is 2.37. The van der Waals surface area contributed by atoms with Crippen molar-refractivity contribution in [2.45, 2.75) is 0 Å². The number of rotatable bonds is 2. The number of carbonyl (C=O) groups excluding carboxylic acids is 1. The first-order chi connectivity index (χ1) is 5.74. The number of hydrogen-bond donors (Lipinski definition) is 2. The molecule has 1 rings (SSSR count). The van der Waals surface area contributed by atoms with Gasteiger partial charge in [0, 0.05) is 0 Å². The van der Waals surface area contributed by atoms with Crippen LogP contribution in [0.1, 0.15) is 10.4 Å². The van der Waals surface area contributed by atoms with E-state index >= 15 is 0 Å². The molecule has 66 valence electrons. The first-order valence-corrected chi connectivity index (χ1v) is 6.62. The van der Waals surface area contributed by atoms with Crippen molar-refractivity contribution >= 4 is 11.6 Å². The number of nitrogen functional groups attached to an aromatic ring is 1. The summed E-state index contributed by atoms with van der Waals surface area (Å²) < 4.78 is 2.81. The van der Waals surface area contributed by atoms with E-state index < -0.39 is 0 Å². The van der Waals surface area contributed by atoms with Crippen LogP contribution in [0.2, 0.25) is 0 Å². The van der Waals surface area contributed by atoms with E-state index in [4.69, 9.17) is 5.73 Å². The van der Waals surface area contributed by atoms with Gasteiger partial charge in [-0.15, -0.1) is 0 Å². The Morgan fingerprint density at radius 1 is 1.42 bits per heavy atom. The van der Waals surface area contributed by atoms with Gasteiger partial charge in [-0.2, -0.15) is 0 Å². The Kier molecular flexibility index (Phi) is 3.33. The summed E-state index contributed by atoms with van der Waals surface area (Å²) in [6.07, 6.45) is 0. The molecule has 1 aromatic rings. The van der Waals surface area contributed by atoms with Crippen LogP contribution in [0.15, 0.2) is 24.3 Å². The molecule has 4 heteroatoms. The summed E-state index contributed by atoms with van der Waals surface area (Å²) in [6, 6.07) is 6.90. The van der Waals surface area contributed by atoms with Crippen molar-refractivity contribution in [3.05, 3.63) is 29.8 Å². The van der Waals surface area contributed by atoms with Gasteiger partial charge in [0.1, 0.15) is 0 Å². The zero-order valence-electron chi connectivity index (χ0n) is 6.67. The quantitative estimate of drug-likeness (QED) is 0.275. The Morgan fingerprint density at radius 3 is 2.50 bits per heavy atom. The van der Waals surface area contributed by atoms with Gasteiger partial charge in [-0.25, -0.2) is 0 Å². The molecule has 0 bridgehead atoms. The van der Waals surface area contributed by atoms with Crippen molar-refractivity contribution in [3.8, 4) is 0 Å². The van der Waals surface area contributed by atoms with Gasteiger partial charge in [0.05, 0.1) is 0 Å². The maximum absolute atomic E-state index is 11.2. The summed E-state index contributed by atoms with van der Waals surface area (Å²) in [5.41, 5.74) is 6.83. The SMILES string of the molecule is C[I-]NC(=O)c1ccc(N)cc1. The van der Waals surface area contributed by atoms with Crippen molar-refractivity contribution in [3.63, 3.8) is 0 Å². The average molecular weight is 277 g/mol. The van der Waals surface area contributed by atoms with Crippen LogP contribution in [0.5, 0.6) is 0 Å². The fourth-order valence-electron chi connectivity index (χ4n) is 0.775. The van der Waals surface area contributed by atoms with Gasteiger partial charge in [-0.1, -0.05) is 0 Å². The van der Waals surface area contributed by atoms with E-state index in [2.05, 4.69) is 3.53 Å². The van der Waals surface area contributed by atoms with Crippen LogP contribution in [-0.4, -0.2) is 10.8 Å². The number of amides is 1. The summed E-state index contributed by atoms with van der Waals surface area (Å²) in [7, 11) is 0. The molecule has 0 radical (unpaired) electrons. The second-order valence-corrected chi connectivity index (χ2v) is 3.85. The molecular weight excluding hydrogens is 267 g/mol. The third-order valence-corrected chi connectivity index (χ3v) is 2.38. The molecule has 1 aromatic carbocycles. The van der Waals surface area contributed by atoms with E-state index in [-0.39, 0.29) is 27.4 Å². The van der Waals surface area contributed by atoms with Crippen LogP contribution >= 0.6 is 0 Å². The van der Waals surface area contributed by atoms with E-state index in [9.17, 15) is 4.79 Å². The Bertz CT molecular complexity index is 271. The fourth-order valence-corrected chi connectivity index (χ4v) is 1.58. The van der Waals surface area contributed by atoms with Crippen molar-refractivity contribution in [1.29, 1.82) is 0 Å². The number of benzene rings is 1. The summed E-state index contributed by atoms with van der Waals surface area (Å²) in [4.78, 5) is 13.2. The Morgan fingerprint density at radius 2 is 2.00 bits per heavy atom. The number of carbonyl (C=O) groups is 1. The van der Waals surface area contributed by atoms with Gasteiger partial charge in [0.2, 0.25) is 0 Å². The van der Waals surface area contributed by atoms with Gasteiger partial charge >= 0.3 is 81.9 Å². The maximum atomic E-state index is 11.2. The second kappa shape index (κ2) is 4.30. The fraction of sp³-hybridized carbons (Fsp3) is 0.125. The van der Waals surface area contributed by atoms with Crippen LogP contribution < -0.4 is 30.7 Å². The van der Waals surface area contributed by atoms with E-state index in [1.807, 2.05) is 4.93 Å². The molecule has 0 saturated carbocycles. The molecule has 1 amide bonds. The molecule has 0 aliphatic rings. The van der Waals surface area contributed by atoms with Gasteiger partial charge in [0.25, 0.3) is 0 Å². The number of hydrogen-bond acceptors (Lipinski definition) is 2. The predicted octanol–water partition coefficient (Wildman–Crippen LogP) is -2.37. The van der Waals surface area contributed by atoms with E-state index in [0.717, 1.165) is 0 Å². The number of anilines is 1. The molecule has 12 heavy (non-hydrogen) atoms. The zero-order valence-corrected chi connectivity index (χ0v) is 8.83. The van der Waals surface area contributed by atoms with Crippen molar-refractivity contribution in [1.82, 2.24) is 3.53 Å². The number of halogens is 1. The Hall–Kier alpha value is -0.780. The molecule has 0 atom stereocenters. The molecule has 0 aromatic heterocycles. The van der Waals surface area contributed by atoms with Crippen LogP contribution in [0, 0.1) is 0 Å². The number of nitrogens with one attached hydrogen (secondary N) is 1. The molecule has 0 aliphatic carbocycles. The van der Waals surface area contributed by atoms with E-state index in [0.29, 0.717) is 11.3 Å². The normalized spacial score (nSPS) is 9.75. The number of alkyl halides is 1. The second-order valence-electron chi connectivity index (χ2n) is 2.23. The molecular formula is C8H10IN2O-. The summed E-state index contributed by atoms with van der Waals surface area (Å²) in [6.45, 7) is 0. The summed E-state index contributed by atoms with van der Waals surface area (Å²) in [5, 5.41) is 0. The van der Waals surface area contributed by atoms with Crippen LogP contribution in [0.25, 0.3) is 0 Å². The molecule has 0 fully saturated rings. The standard InChI is InChI=1S/C8H10IN2O/c1-9-11-8(12)6-2-4-7(10)5-3-6/h2-5H,10H2,1H3,(H,11,12)/q-1. The Balaban J connectivity index is 2.75. The van der Waals surface area contributed by atoms with Gasteiger partial charge in [-0.3, -0.25) is 0 Å². The monoisotopic (exact) mass is 277 g/mol. The molecule has 0 heterocycles.